The summed E-state index contributed by atoms with van der Waals surface area (Å²) in [7, 11) is 0. The van der Waals surface area contributed by atoms with E-state index in [2.05, 4.69) is 22.4 Å². The molecule has 0 aliphatic carbocycles. The van der Waals surface area contributed by atoms with Gasteiger partial charge in [0.05, 0.1) is 6.61 Å². The highest BCUT2D eigenvalue weighted by Gasteiger charge is 2.10. The van der Waals surface area contributed by atoms with E-state index in [0.29, 0.717) is 23.7 Å². The molecule has 0 aliphatic rings. The van der Waals surface area contributed by atoms with Gasteiger partial charge in [0.1, 0.15) is 16.6 Å². The monoisotopic (exact) mass is 371 g/mol. The van der Waals surface area contributed by atoms with E-state index in [4.69, 9.17) is 4.74 Å². The molecular weight excluding hydrogens is 353 g/mol. The Morgan fingerprint density at radius 2 is 1.85 bits per heavy atom. The van der Waals surface area contributed by atoms with Crippen LogP contribution in [0.25, 0.3) is 0 Å². The van der Waals surface area contributed by atoms with Gasteiger partial charge < -0.3 is 4.74 Å². The highest BCUT2D eigenvalue weighted by Crippen LogP contribution is 2.18. The van der Waals surface area contributed by atoms with Crippen LogP contribution in [0.2, 0.25) is 0 Å². The van der Waals surface area contributed by atoms with Crippen LogP contribution in [0.5, 0.6) is 5.75 Å². The normalized spacial score (nSPS) is 10.5. The van der Waals surface area contributed by atoms with Crippen molar-refractivity contribution in [2.24, 2.45) is 0 Å². The number of carbonyl (C=O) groups excluding carboxylic acids is 1. The first-order valence-electron chi connectivity index (χ1n) is 8.25. The molecule has 2 aromatic carbocycles. The van der Waals surface area contributed by atoms with Crippen molar-refractivity contribution in [1.29, 1.82) is 0 Å². The van der Waals surface area contributed by atoms with Crippen molar-refractivity contribution < 1.29 is 13.9 Å². The molecule has 7 heteroatoms. The van der Waals surface area contributed by atoms with Gasteiger partial charge in [-0.15, -0.1) is 10.2 Å². The number of aryl methyl sites for hydroxylation is 1. The molecule has 1 aromatic heterocycles. The van der Waals surface area contributed by atoms with Crippen molar-refractivity contribution in [1.82, 2.24) is 10.2 Å². The second kappa shape index (κ2) is 8.53. The van der Waals surface area contributed by atoms with Gasteiger partial charge in [0.25, 0.3) is 5.91 Å². The Hall–Kier alpha value is -2.80. The zero-order chi connectivity index (χ0) is 18.4. The molecule has 0 unspecified atom stereocenters. The Morgan fingerprint density at radius 3 is 2.54 bits per heavy atom. The number of amides is 1. The van der Waals surface area contributed by atoms with Gasteiger partial charge in [0, 0.05) is 12.0 Å². The molecule has 1 N–H and O–H groups in total. The predicted molar refractivity (Wildman–Crippen MR) is 99.3 cm³/mol. The fourth-order valence-electron chi connectivity index (χ4n) is 2.25. The Kier molecular flexibility index (Phi) is 5.91. The lowest BCUT2D eigenvalue weighted by Gasteiger charge is -2.05. The van der Waals surface area contributed by atoms with Gasteiger partial charge in [-0.3, -0.25) is 10.1 Å². The summed E-state index contributed by atoms with van der Waals surface area (Å²) in [6.07, 6.45) is 1.59. The number of halogens is 1. The van der Waals surface area contributed by atoms with Crippen LogP contribution in [-0.2, 0) is 12.8 Å². The van der Waals surface area contributed by atoms with E-state index in [1.165, 1.54) is 41.2 Å². The molecule has 0 spiro atoms. The SMILES string of the molecule is CCc1ccc(OCCc2nnc(NC(=O)c3ccc(F)cc3)s2)cc1. The van der Waals surface area contributed by atoms with Gasteiger partial charge in [-0.1, -0.05) is 30.4 Å². The standard InChI is InChI=1S/C19H18FN3O2S/c1-2-13-3-9-16(10-4-13)25-12-11-17-22-23-19(26-17)21-18(24)14-5-7-15(20)8-6-14/h3-10H,2,11-12H2,1H3,(H,21,23,24). The third-order valence-electron chi connectivity index (χ3n) is 3.71. The Morgan fingerprint density at radius 1 is 1.12 bits per heavy atom. The minimum Gasteiger partial charge on any atom is -0.493 e. The van der Waals surface area contributed by atoms with Crippen molar-refractivity contribution in [3.8, 4) is 5.75 Å². The fraction of sp³-hybridized carbons (Fsp3) is 0.211. The predicted octanol–water partition coefficient (Wildman–Crippen LogP) is 4.11. The number of rotatable bonds is 7. The van der Waals surface area contributed by atoms with Crippen LogP contribution in [0.4, 0.5) is 9.52 Å². The van der Waals surface area contributed by atoms with Crippen molar-refractivity contribution in [3.63, 3.8) is 0 Å². The molecule has 0 bridgehead atoms. The zero-order valence-electron chi connectivity index (χ0n) is 14.2. The maximum atomic E-state index is 12.9. The zero-order valence-corrected chi connectivity index (χ0v) is 15.1. The smallest absolute Gasteiger partial charge is 0.257 e. The van der Waals surface area contributed by atoms with Gasteiger partial charge in [-0.2, -0.15) is 0 Å². The second-order valence-corrected chi connectivity index (χ2v) is 6.62. The fourth-order valence-corrected chi connectivity index (χ4v) is 2.97. The molecule has 134 valence electrons. The molecule has 1 heterocycles. The lowest BCUT2D eigenvalue weighted by atomic mass is 10.2. The van der Waals surface area contributed by atoms with Gasteiger partial charge in [-0.25, -0.2) is 4.39 Å². The Bertz CT molecular complexity index is 863. The van der Waals surface area contributed by atoms with E-state index in [1.807, 2.05) is 24.3 Å². The molecular formula is C19H18FN3O2S. The Labute approximate surface area is 154 Å². The molecule has 26 heavy (non-hydrogen) atoms. The van der Waals surface area contributed by atoms with E-state index < -0.39 is 0 Å². The summed E-state index contributed by atoms with van der Waals surface area (Å²) in [6.45, 7) is 2.59. The minimum absolute atomic E-state index is 0.347. The number of aromatic nitrogens is 2. The molecule has 0 fully saturated rings. The summed E-state index contributed by atoms with van der Waals surface area (Å²) in [5.74, 6) is 0.0839. The number of nitrogens with zero attached hydrogens (tertiary/aromatic N) is 2. The molecule has 0 aliphatic heterocycles. The van der Waals surface area contributed by atoms with Crippen molar-refractivity contribution in [2.45, 2.75) is 19.8 Å². The van der Waals surface area contributed by atoms with Crippen LogP contribution in [0, 0.1) is 5.82 Å². The number of hydrogen-bond acceptors (Lipinski definition) is 5. The third-order valence-corrected chi connectivity index (χ3v) is 4.61. The van der Waals surface area contributed by atoms with Crippen LogP contribution in [0.15, 0.2) is 48.5 Å². The number of anilines is 1. The first-order chi connectivity index (χ1) is 12.6. The average Bonchev–Trinajstić information content (AvgIpc) is 3.10. The quantitative estimate of drug-likeness (QED) is 0.679. The molecule has 0 atom stereocenters. The molecule has 0 saturated carbocycles. The molecule has 3 rings (SSSR count). The van der Waals surface area contributed by atoms with Crippen LogP contribution >= 0.6 is 11.3 Å². The summed E-state index contributed by atoms with van der Waals surface area (Å²) in [4.78, 5) is 12.1. The summed E-state index contributed by atoms with van der Waals surface area (Å²) in [5, 5.41) is 11.8. The molecule has 1 amide bonds. The van der Waals surface area contributed by atoms with Crippen molar-refractivity contribution >= 4 is 22.4 Å². The Balaban J connectivity index is 1.49. The molecule has 0 radical (unpaired) electrons. The van der Waals surface area contributed by atoms with Crippen LogP contribution < -0.4 is 10.1 Å². The highest BCUT2D eigenvalue weighted by atomic mass is 32.1. The highest BCUT2D eigenvalue weighted by molar-refractivity contribution is 7.15. The minimum atomic E-state index is -0.385. The number of hydrogen-bond donors (Lipinski definition) is 1. The van der Waals surface area contributed by atoms with Gasteiger partial charge in [0.2, 0.25) is 5.13 Å². The third kappa shape index (κ3) is 4.86. The summed E-state index contributed by atoms with van der Waals surface area (Å²) in [5.41, 5.74) is 1.63. The second-order valence-electron chi connectivity index (χ2n) is 5.56. The average molecular weight is 371 g/mol. The van der Waals surface area contributed by atoms with E-state index in [0.717, 1.165) is 17.2 Å². The van der Waals surface area contributed by atoms with E-state index in [1.54, 1.807) is 0 Å². The summed E-state index contributed by atoms with van der Waals surface area (Å²) >= 11 is 1.29. The summed E-state index contributed by atoms with van der Waals surface area (Å²) < 4.78 is 18.6. The van der Waals surface area contributed by atoms with Crippen molar-refractivity contribution in [3.05, 3.63) is 70.5 Å². The van der Waals surface area contributed by atoms with Gasteiger partial charge >= 0.3 is 0 Å². The first kappa shape index (κ1) is 18.0. The van der Waals surface area contributed by atoms with Crippen LogP contribution in [-0.4, -0.2) is 22.7 Å². The van der Waals surface area contributed by atoms with Crippen LogP contribution in [0.3, 0.4) is 0 Å². The van der Waals surface area contributed by atoms with Gasteiger partial charge in [0.15, 0.2) is 0 Å². The molecule has 0 saturated heterocycles. The number of nitrogens with one attached hydrogen (secondary N) is 1. The maximum absolute atomic E-state index is 12.9. The van der Waals surface area contributed by atoms with Crippen molar-refractivity contribution in [2.75, 3.05) is 11.9 Å². The maximum Gasteiger partial charge on any atom is 0.257 e. The lowest BCUT2D eigenvalue weighted by Crippen LogP contribution is -2.11. The lowest BCUT2D eigenvalue weighted by molar-refractivity contribution is 0.102. The number of benzene rings is 2. The summed E-state index contributed by atoms with van der Waals surface area (Å²) in [6, 6.07) is 13.3. The first-order valence-corrected chi connectivity index (χ1v) is 9.06. The molecule has 5 nitrogen and oxygen atoms in total. The largest absolute Gasteiger partial charge is 0.493 e. The van der Waals surface area contributed by atoms with Gasteiger partial charge in [-0.05, 0) is 48.4 Å². The number of ether oxygens (including phenoxy) is 1. The van der Waals surface area contributed by atoms with E-state index >= 15 is 0 Å². The number of carbonyl (C=O) groups is 1. The van der Waals surface area contributed by atoms with E-state index in [9.17, 15) is 9.18 Å². The van der Waals surface area contributed by atoms with Crippen LogP contribution in [0.1, 0.15) is 27.9 Å². The molecule has 3 aromatic rings. The topological polar surface area (TPSA) is 64.1 Å². The van der Waals surface area contributed by atoms with E-state index in [-0.39, 0.29) is 11.7 Å².